The first-order chi connectivity index (χ1) is 10.1. The predicted octanol–water partition coefficient (Wildman–Crippen LogP) is 2.48. The Morgan fingerprint density at radius 2 is 2.10 bits per heavy atom. The molecule has 1 aliphatic heterocycles. The maximum absolute atomic E-state index is 6.29. The van der Waals surface area contributed by atoms with Crippen molar-refractivity contribution in [3.05, 3.63) is 29.3 Å². The smallest absolute Gasteiger partial charge is 0.193 e. The van der Waals surface area contributed by atoms with Crippen molar-refractivity contribution in [1.82, 2.24) is 24.6 Å². The van der Waals surface area contributed by atoms with E-state index in [1.165, 1.54) is 0 Å². The van der Waals surface area contributed by atoms with Gasteiger partial charge in [-0.05, 0) is 26.2 Å². The number of nitrogens with zero attached hydrogens (tertiary/aromatic N) is 5. The van der Waals surface area contributed by atoms with Crippen LogP contribution in [0, 0.1) is 0 Å². The van der Waals surface area contributed by atoms with Gasteiger partial charge in [0.2, 0.25) is 0 Å². The molecule has 0 N–H and O–H groups in total. The van der Waals surface area contributed by atoms with Gasteiger partial charge in [0.05, 0.1) is 17.6 Å². The summed E-state index contributed by atoms with van der Waals surface area (Å²) in [6.45, 7) is 2.88. The number of aromatic nitrogens is 3. The average molecular weight is 324 g/mol. The van der Waals surface area contributed by atoms with Gasteiger partial charge >= 0.3 is 0 Å². The molecule has 0 radical (unpaired) electrons. The van der Waals surface area contributed by atoms with E-state index in [9.17, 15) is 0 Å². The fourth-order valence-electron chi connectivity index (χ4n) is 2.23. The molecule has 2 aromatic rings. The monoisotopic (exact) mass is 323 g/mol. The van der Waals surface area contributed by atoms with Gasteiger partial charge in [-0.25, -0.2) is 0 Å². The third-order valence-corrected chi connectivity index (χ3v) is 4.80. The number of benzene rings is 1. The Labute approximate surface area is 133 Å². The molecular weight excluding hydrogens is 306 g/mol. The first-order valence-corrected chi connectivity index (χ1v) is 8.19. The summed E-state index contributed by atoms with van der Waals surface area (Å²) in [4.78, 5) is 4.59. The van der Waals surface area contributed by atoms with Crippen molar-refractivity contribution in [2.45, 2.75) is 11.8 Å². The van der Waals surface area contributed by atoms with Gasteiger partial charge in [-0.15, -0.1) is 10.2 Å². The summed E-state index contributed by atoms with van der Waals surface area (Å²) in [6.07, 6.45) is 0. The Hall–Kier alpha value is -1.08. The highest BCUT2D eigenvalue weighted by atomic mass is 35.5. The van der Waals surface area contributed by atoms with Crippen LogP contribution in [0.15, 0.2) is 29.4 Å². The van der Waals surface area contributed by atoms with Crippen molar-refractivity contribution in [2.75, 3.05) is 33.1 Å². The number of rotatable bonds is 4. The summed E-state index contributed by atoms with van der Waals surface area (Å²) >= 11 is 8.01. The van der Waals surface area contributed by atoms with Crippen LogP contribution in [0.25, 0.3) is 11.4 Å². The fourth-order valence-corrected chi connectivity index (χ4v) is 3.36. The lowest BCUT2D eigenvalue weighted by atomic mass is 10.2. The van der Waals surface area contributed by atoms with Crippen molar-refractivity contribution in [3.8, 4) is 11.4 Å². The maximum atomic E-state index is 6.29. The highest BCUT2D eigenvalue weighted by Crippen LogP contribution is 2.31. The van der Waals surface area contributed by atoms with Gasteiger partial charge in [-0.3, -0.25) is 9.47 Å². The van der Waals surface area contributed by atoms with E-state index in [-0.39, 0.29) is 0 Å². The quantitative estimate of drug-likeness (QED) is 0.864. The Morgan fingerprint density at radius 3 is 2.86 bits per heavy atom. The summed E-state index contributed by atoms with van der Waals surface area (Å²) in [7, 11) is 4.19. The molecule has 0 bridgehead atoms. The molecule has 7 heteroatoms. The van der Waals surface area contributed by atoms with Crippen LogP contribution in [-0.2, 0) is 6.67 Å². The Bertz CT molecular complexity index is 628. The zero-order valence-electron chi connectivity index (χ0n) is 12.2. The maximum Gasteiger partial charge on any atom is 0.193 e. The van der Waals surface area contributed by atoms with Crippen LogP contribution in [0.1, 0.15) is 0 Å². The van der Waals surface area contributed by atoms with Gasteiger partial charge in [-0.2, -0.15) is 0 Å². The lowest BCUT2D eigenvalue weighted by Gasteiger charge is -2.28. The summed E-state index contributed by atoms with van der Waals surface area (Å²) in [6, 6.07) is 7.78. The zero-order valence-corrected chi connectivity index (χ0v) is 13.7. The molecule has 1 aromatic carbocycles. The topological polar surface area (TPSA) is 37.2 Å². The molecule has 0 aliphatic carbocycles. The lowest BCUT2D eigenvalue weighted by Crippen LogP contribution is -2.35. The van der Waals surface area contributed by atoms with Gasteiger partial charge in [0.25, 0.3) is 0 Å². The minimum absolute atomic E-state index is 0.711. The molecule has 0 saturated heterocycles. The van der Waals surface area contributed by atoms with E-state index in [0.717, 1.165) is 42.2 Å². The van der Waals surface area contributed by atoms with Crippen molar-refractivity contribution in [2.24, 2.45) is 0 Å². The van der Waals surface area contributed by atoms with Gasteiger partial charge in [0, 0.05) is 18.7 Å². The number of hydrogen-bond acceptors (Lipinski definition) is 5. The standard InChI is InChI=1S/C14H18ClN5S/c1-18(2)7-8-19-9-20-13(16-17-14(20)21-10-19)11-5-3-4-6-12(11)15/h3-6H,7-10H2,1-2H3. The normalized spacial score (nSPS) is 15.4. The number of hydrogen-bond donors (Lipinski definition) is 0. The summed E-state index contributed by atoms with van der Waals surface area (Å²) in [5.41, 5.74) is 0.938. The van der Waals surface area contributed by atoms with Crippen LogP contribution < -0.4 is 0 Å². The molecule has 2 heterocycles. The van der Waals surface area contributed by atoms with E-state index in [4.69, 9.17) is 11.6 Å². The summed E-state index contributed by atoms with van der Waals surface area (Å²) in [5.74, 6) is 1.80. The number of halogens is 1. The molecule has 0 fully saturated rings. The summed E-state index contributed by atoms with van der Waals surface area (Å²) in [5, 5.41) is 10.3. The SMILES string of the molecule is CN(C)CCN1CSc2nnc(-c3ccccc3Cl)n2C1. The fraction of sp³-hybridized carbons (Fsp3) is 0.429. The number of thioether (sulfide) groups is 1. The van der Waals surface area contributed by atoms with E-state index >= 15 is 0 Å². The minimum Gasteiger partial charge on any atom is -0.308 e. The Kier molecular flexibility index (Phi) is 4.49. The van der Waals surface area contributed by atoms with Gasteiger partial charge in [0.15, 0.2) is 11.0 Å². The molecule has 0 saturated carbocycles. The van der Waals surface area contributed by atoms with Crippen LogP contribution in [0.2, 0.25) is 5.02 Å². The Balaban J connectivity index is 1.84. The van der Waals surface area contributed by atoms with Crippen molar-refractivity contribution >= 4 is 23.4 Å². The molecule has 1 aliphatic rings. The molecule has 0 atom stereocenters. The van der Waals surface area contributed by atoms with Crippen LogP contribution in [0.4, 0.5) is 0 Å². The molecule has 112 valence electrons. The second-order valence-corrected chi connectivity index (χ2v) is 6.65. The van der Waals surface area contributed by atoms with E-state index in [1.54, 1.807) is 11.8 Å². The van der Waals surface area contributed by atoms with E-state index in [0.29, 0.717) is 5.02 Å². The zero-order chi connectivity index (χ0) is 14.8. The third kappa shape index (κ3) is 3.23. The minimum atomic E-state index is 0.711. The molecule has 21 heavy (non-hydrogen) atoms. The summed E-state index contributed by atoms with van der Waals surface area (Å²) < 4.78 is 2.14. The Morgan fingerprint density at radius 1 is 1.29 bits per heavy atom. The third-order valence-electron chi connectivity index (χ3n) is 3.41. The second-order valence-electron chi connectivity index (χ2n) is 5.33. The van der Waals surface area contributed by atoms with Crippen molar-refractivity contribution < 1.29 is 0 Å². The molecule has 1 aromatic heterocycles. The average Bonchev–Trinajstić information content (AvgIpc) is 2.88. The predicted molar refractivity (Wildman–Crippen MR) is 86.5 cm³/mol. The van der Waals surface area contributed by atoms with Crippen LogP contribution in [0.5, 0.6) is 0 Å². The molecule has 0 amide bonds. The molecule has 3 rings (SSSR count). The van der Waals surface area contributed by atoms with Crippen molar-refractivity contribution in [1.29, 1.82) is 0 Å². The molecule has 5 nitrogen and oxygen atoms in total. The van der Waals surface area contributed by atoms with Crippen LogP contribution >= 0.6 is 23.4 Å². The lowest BCUT2D eigenvalue weighted by molar-refractivity contribution is 0.215. The molecular formula is C14H18ClN5S. The van der Waals surface area contributed by atoms with Crippen LogP contribution in [-0.4, -0.2) is 57.6 Å². The van der Waals surface area contributed by atoms with E-state index < -0.39 is 0 Å². The molecule has 0 unspecified atom stereocenters. The molecule has 0 spiro atoms. The largest absolute Gasteiger partial charge is 0.308 e. The van der Waals surface area contributed by atoms with Gasteiger partial charge in [-0.1, -0.05) is 35.5 Å². The second kappa shape index (κ2) is 6.36. The first kappa shape index (κ1) is 14.8. The van der Waals surface area contributed by atoms with Crippen LogP contribution in [0.3, 0.4) is 0 Å². The highest BCUT2D eigenvalue weighted by molar-refractivity contribution is 7.99. The number of likely N-dealkylation sites (N-methyl/N-ethyl adjacent to an activating group) is 1. The van der Waals surface area contributed by atoms with Gasteiger partial charge < -0.3 is 4.90 Å². The van der Waals surface area contributed by atoms with Crippen molar-refractivity contribution in [3.63, 3.8) is 0 Å². The number of fused-ring (bicyclic) bond motifs is 1. The van der Waals surface area contributed by atoms with Gasteiger partial charge in [0.1, 0.15) is 0 Å². The van der Waals surface area contributed by atoms with E-state index in [1.807, 2.05) is 24.3 Å². The highest BCUT2D eigenvalue weighted by Gasteiger charge is 2.23. The first-order valence-electron chi connectivity index (χ1n) is 6.83. The van der Waals surface area contributed by atoms with E-state index in [2.05, 4.69) is 38.7 Å².